The van der Waals surface area contributed by atoms with E-state index in [0.29, 0.717) is 11.5 Å². The van der Waals surface area contributed by atoms with Crippen molar-refractivity contribution in [3.05, 3.63) is 23.8 Å². The standard InChI is InChI=1S/C15H24N4O/c1-11(2)14-13(9-17-10-18-14)15(20)19-6-4-12(5-7-19)8-16-3/h9-12,16H,4-8H2,1-3H3. The lowest BCUT2D eigenvalue weighted by Crippen LogP contribution is -2.40. The molecule has 0 aromatic carbocycles. The molecular weight excluding hydrogens is 252 g/mol. The second-order valence-corrected chi connectivity index (χ2v) is 5.77. The van der Waals surface area contributed by atoms with Gasteiger partial charge < -0.3 is 10.2 Å². The summed E-state index contributed by atoms with van der Waals surface area (Å²) >= 11 is 0. The van der Waals surface area contributed by atoms with Crippen LogP contribution in [0.5, 0.6) is 0 Å². The number of amides is 1. The Morgan fingerprint density at radius 2 is 2.15 bits per heavy atom. The number of nitrogens with zero attached hydrogens (tertiary/aromatic N) is 3. The van der Waals surface area contributed by atoms with Crippen LogP contribution in [-0.4, -0.2) is 47.5 Å². The molecule has 1 aliphatic heterocycles. The van der Waals surface area contributed by atoms with Crippen LogP contribution in [0.4, 0.5) is 0 Å². The Balaban J connectivity index is 2.06. The van der Waals surface area contributed by atoms with Gasteiger partial charge in [0.25, 0.3) is 5.91 Å². The fraction of sp³-hybridized carbons (Fsp3) is 0.667. The van der Waals surface area contributed by atoms with E-state index in [4.69, 9.17) is 0 Å². The summed E-state index contributed by atoms with van der Waals surface area (Å²) in [5, 5.41) is 3.21. The molecule has 0 atom stereocenters. The van der Waals surface area contributed by atoms with Crippen molar-refractivity contribution >= 4 is 5.91 Å². The van der Waals surface area contributed by atoms with Crippen LogP contribution < -0.4 is 5.32 Å². The highest BCUT2D eigenvalue weighted by molar-refractivity contribution is 5.95. The minimum Gasteiger partial charge on any atom is -0.339 e. The first-order valence-electron chi connectivity index (χ1n) is 7.37. The third kappa shape index (κ3) is 3.33. The lowest BCUT2D eigenvalue weighted by molar-refractivity contribution is 0.0688. The number of aromatic nitrogens is 2. The van der Waals surface area contributed by atoms with E-state index >= 15 is 0 Å². The van der Waals surface area contributed by atoms with E-state index in [2.05, 4.69) is 29.1 Å². The molecule has 0 saturated carbocycles. The first-order valence-corrected chi connectivity index (χ1v) is 7.37. The topological polar surface area (TPSA) is 58.1 Å². The molecule has 1 N–H and O–H groups in total. The number of hydrogen-bond acceptors (Lipinski definition) is 4. The predicted octanol–water partition coefficient (Wildman–Crippen LogP) is 1.67. The van der Waals surface area contributed by atoms with Crippen molar-refractivity contribution in [2.45, 2.75) is 32.6 Å². The maximum Gasteiger partial charge on any atom is 0.257 e. The SMILES string of the molecule is CNCC1CCN(C(=O)c2cncnc2C(C)C)CC1. The van der Waals surface area contributed by atoms with Crippen LogP contribution in [0.2, 0.25) is 0 Å². The molecule has 1 amide bonds. The van der Waals surface area contributed by atoms with E-state index in [1.54, 1.807) is 6.20 Å². The van der Waals surface area contributed by atoms with Crippen molar-refractivity contribution in [3.63, 3.8) is 0 Å². The Labute approximate surface area is 120 Å². The second kappa shape index (κ2) is 6.79. The molecule has 1 aliphatic rings. The average Bonchev–Trinajstić information content (AvgIpc) is 2.47. The van der Waals surface area contributed by atoms with E-state index in [-0.39, 0.29) is 11.8 Å². The Morgan fingerprint density at radius 3 is 2.75 bits per heavy atom. The molecule has 1 aromatic heterocycles. The van der Waals surface area contributed by atoms with Crippen LogP contribution >= 0.6 is 0 Å². The maximum atomic E-state index is 12.6. The molecule has 1 fully saturated rings. The summed E-state index contributed by atoms with van der Waals surface area (Å²) in [5.74, 6) is 0.997. The third-order valence-corrected chi connectivity index (χ3v) is 3.91. The van der Waals surface area contributed by atoms with Gasteiger partial charge in [0, 0.05) is 19.3 Å². The van der Waals surface area contributed by atoms with Crippen molar-refractivity contribution in [2.24, 2.45) is 5.92 Å². The Morgan fingerprint density at radius 1 is 1.45 bits per heavy atom. The zero-order chi connectivity index (χ0) is 14.5. The van der Waals surface area contributed by atoms with Crippen LogP contribution in [-0.2, 0) is 0 Å². The van der Waals surface area contributed by atoms with Crippen molar-refractivity contribution in [1.29, 1.82) is 0 Å². The summed E-state index contributed by atoms with van der Waals surface area (Å²) in [6, 6.07) is 0. The summed E-state index contributed by atoms with van der Waals surface area (Å²) in [7, 11) is 1.98. The van der Waals surface area contributed by atoms with Crippen LogP contribution in [0.25, 0.3) is 0 Å². The first kappa shape index (κ1) is 14.9. The highest BCUT2D eigenvalue weighted by Gasteiger charge is 2.25. The normalized spacial score (nSPS) is 16.7. The fourth-order valence-electron chi connectivity index (χ4n) is 2.76. The van der Waals surface area contributed by atoms with Gasteiger partial charge in [-0.1, -0.05) is 13.8 Å². The summed E-state index contributed by atoms with van der Waals surface area (Å²) in [6.45, 7) is 6.81. The minimum absolute atomic E-state index is 0.0807. The molecule has 1 saturated heterocycles. The Bertz CT molecular complexity index is 453. The number of likely N-dealkylation sites (tertiary alicyclic amines) is 1. The second-order valence-electron chi connectivity index (χ2n) is 5.77. The van der Waals surface area contributed by atoms with Crippen LogP contribution in [0.1, 0.15) is 48.7 Å². The lowest BCUT2D eigenvalue weighted by Gasteiger charge is -2.32. The molecule has 5 nitrogen and oxygen atoms in total. The Kier molecular flexibility index (Phi) is 5.06. The number of carbonyl (C=O) groups is 1. The highest BCUT2D eigenvalue weighted by Crippen LogP contribution is 2.21. The lowest BCUT2D eigenvalue weighted by atomic mass is 9.96. The number of piperidine rings is 1. The average molecular weight is 276 g/mol. The van der Waals surface area contributed by atoms with E-state index in [1.807, 2.05) is 11.9 Å². The molecular formula is C15H24N4O. The Hall–Kier alpha value is -1.49. The first-order chi connectivity index (χ1) is 9.63. The van der Waals surface area contributed by atoms with Gasteiger partial charge in [0.05, 0.1) is 11.3 Å². The molecule has 1 aromatic rings. The smallest absolute Gasteiger partial charge is 0.257 e. The van der Waals surface area contributed by atoms with Gasteiger partial charge in [0.15, 0.2) is 0 Å². The third-order valence-electron chi connectivity index (χ3n) is 3.91. The van der Waals surface area contributed by atoms with E-state index in [1.165, 1.54) is 6.33 Å². The van der Waals surface area contributed by atoms with Crippen LogP contribution in [0, 0.1) is 5.92 Å². The molecule has 0 unspecified atom stereocenters. The van der Waals surface area contributed by atoms with Gasteiger partial charge in [-0.25, -0.2) is 9.97 Å². The molecule has 0 radical (unpaired) electrons. The molecule has 20 heavy (non-hydrogen) atoms. The predicted molar refractivity (Wildman–Crippen MR) is 78.7 cm³/mol. The number of rotatable bonds is 4. The fourth-order valence-corrected chi connectivity index (χ4v) is 2.76. The van der Waals surface area contributed by atoms with Gasteiger partial charge in [-0.2, -0.15) is 0 Å². The molecule has 2 heterocycles. The summed E-state index contributed by atoms with van der Waals surface area (Å²) in [5.41, 5.74) is 1.51. The molecule has 0 bridgehead atoms. The largest absolute Gasteiger partial charge is 0.339 e. The summed E-state index contributed by atoms with van der Waals surface area (Å²) in [4.78, 5) is 22.9. The maximum absolute atomic E-state index is 12.6. The summed E-state index contributed by atoms with van der Waals surface area (Å²) in [6.07, 6.45) is 5.31. The quantitative estimate of drug-likeness (QED) is 0.909. The van der Waals surface area contributed by atoms with Crippen LogP contribution in [0.3, 0.4) is 0 Å². The molecule has 0 spiro atoms. The monoisotopic (exact) mass is 276 g/mol. The van der Waals surface area contributed by atoms with Crippen molar-refractivity contribution in [1.82, 2.24) is 20.2 Å². The number of nitrogens with one attached hydrogen (secondary N) is 1. The van der Waals surface area contributed by atoms with Crippen molar-refractivity contribution < 1.29 is 4.79 Å². The van der Waals surface area contributed by atoms with Gasteiger partial charge in [0.1, 0.15) is 6.33 Å². The van der Waals surface area contributed by atoms with Gasteiger partial charge in [-0.3, -0.25) is 4.79 Å². The molecule has 5 heteroatoms. The molecule has 2 rings (SSSR count). The van der Waals surface area contributed by atoms with Crippen LogP contribution in [0.15, 0.2) is 12.5 Å². The molecule has 110 valence electrons. The van der Waals surface area contributed by atoms with Gasteiger partial charge in [0.2, 0.25) is 0 Å². The number of hydrogen-bond donors (Lipinski definition) is 1. The van der Waals surface area contributed by atoms with Gasteiger partial charge in [-0.05, 0) is 38.3 Å². The zero-order valence-corrected chi connectivity index (χ0v) is 12.6. The van der Waals surface area contributed by atoms with Gasteiger partial charge in [-0.15, -0.1) is 0 Å². The van der Waals surface area contributed by atoms with Crippen molar-refractivity contribution in [2.75, 3.05) is 26.7 Å². The molecule has 0 aliphatic carbocycles. The minimum atomic E-state index is 0.0807. The van der Waals surface area contributed by atoms with Crippen molar-refractivity contribution in [3.8, 4) is 0 Å². The van der Waals surface area contributed by atoms with E-state index in [9.17, 15) is 4.79 Å². The van der Waals surface area contributed by atoms with E-state index < -0.39 is 0 Å². The highest BCUT2D eigenvalue weighted by atomic mass is 16.2. The number of carbonyl (C=O) groups excluding carboxylic acids is 1. The van der Waals surface area contributed by atoms with E-state index in [0.717, 1.165) is 38.2 Å². The van der Waals surface area contributed by atoms with Gasteiger partial charge >= 0.3 is 0 Å². The zero-order valence-electron chi connectivity index (χ0n) is 12.6. The summed E-state index contributed by atoms with van der Waals surface area (Å²) < 4.78 is 0.